The van der Waals surface area contributed by atoms with Crippen LogP contribution in [-0.2, 0) is 27.9 Å². The molecule has 0 aromatic carbocycles. The Bertz CT molecular complexity index is 1260. The highest BCUT2D eigenvalue weighted by molar-refractivity contribution is 7.47. The molecule has 0 aromatic rings. The first-order valence-electron chi connectivity index (χ1n) is 21.9. The fraction of sp³-hybridized carbons (Fsp3) is 0.604. The number of esters is 1. The lowest BCUT2D eigenvalue weighted by Gasteiger charge is -2.20. The van der Waals surface area contributed by atoms with Gasteiger partial charge >= 0.3 is 13.8 Å². The van der Waals surface area contributed by atoms with Gasteiger partial charge < -0.3 is 24.6 Å². The van der Waals surface area contributed by atoms with Gasteiger partial charge in [-0.05, 0) is 83.5 Å². The molecule has 0 aliphatic heterocycles. The van der Waals surface area contributed by atoms with Gasteiger partial charge in [-0.15, -0.1) is 0 Å². The Labute approximate surface area is 352 Å². The molecule has 10 heteroatoms. The number of phosphoric acid groups is 1. The summed E-state index contributed by atoms with van der Waals surface area (Å²) in [7, 11) is -4.55. The van der Waals surface area contributed by atoms with Gasteiger partial charge in [-0.3, -0.25) is 13.8 Å². The van der Waals surface area contributed by atoms with E-state index in [9.17, 15) is 19.4 Å². The number of hydrogen-bond acceptors (Lipinski definition) is 8. The third-order valence-electron chi connectivity index (χ3n) is 8.47. The maximum absolute atomic E-state index is 12.6. The number of aliphatic hydroxyl groups is 2. The number of ether oxygens (including phenoxy) is 2. The van der Waals surface area contributed by atoms with Crippen LogP contribution in [0.25, 0.3) is 0 Å². The molecule has 0 aromatic heterocycles. The number of aliphatic hydroxyl groups excluding tert-OH is 2. The molecule has 0 fully saturated rings. The zero-order valence-corrected chi connectivity index (χ0v) is 36.9. The second-order valence-electron chi connectivity index (χ2n) is 13.9. The van der Waals surface area contributed by atoms with Crippen molar-refractivity contribution >= 4 is 13.8 Å². The molecule has 58 heavy (non-hydrogen) atoms. The number of unbranched alkanes of at least 4 members (excludes halogenated alkanes) is 8. The first-order chi connectivity index (χ1) is 28.3. The van der Waals surface area contributed by atoms with E-state index in [2.05, 4.69) is 111 Å². The average Bonchev–Trinajstić information content (AvgIpc) is 3.21. The van der Waals surface area contributed by atoms with E-state index < -0.39 is 45.8 Å². The fourth-order valence-electron chi connectivity index (χ4n) is 5.22. The van der Waals surface area contributed by atoms with E-state index >= 15 is 0 Å². The van der Waals surface area contributed by atoms with Crippen molar-refractivity contribution in [2.75, 3.05) is 33.0 Å². The third-order valence-corrected chi connectivity index (χ3v) is 9.42. The van der Waals surface area contributed by atoms with Crippen LogP contribution in [0.5, 0.6) is 0 Å². The summed E-state index contributed by atoms with van der Waals surface area (Å²) in [5, 5.41) is 18.4. The van der Waals surface area contributed by atoms with Crippen LogP contribution >= 0.6 is 7.82 Å². The van der Waals surface area contributed by atoms with Gasteiger partial charge in [0.2, 0.25) is 0 Å². The van der Waals surface area contributed by atoms with E-state index in [1.165, 1.54) is 32.1 Å². The van der Waals surface area contributed by atoms with Gasteiger partial charge in [0, 0.05) is 13.0 Å². The maximum Gasteiger partial charge on any atom is 0.472 e. The van der Waals surface area contributed by atoms with Crippen molar-refractivity contribution in [3.63, 3.8) is 0 Å². The maximum atomic E-state index is 12.6. The van der Waals surface area contributed by atoms with Crippen molar-refractivity contribution in [3.8, 4) is 0 Å². The monoisotopic (exact) mass is 831 g/mol. The van der Waals surface area contributed by atoms with Crippen LogP contribution in [-0.4, -0.2) is 66.3 Å². The lowest BCUT2D eigenvalue weighted by atomic mass is 10.1. The minimum absolute atomic E-state index is 0.00590. The minimum Gasteiger partial charge on any atom is -0.457 e. The van der Waals surface area contributed by atoms with Crippen molar-refractivity contribution in [3.05, 3.63) is 109 Å². The van der Waals surface area contributed by atoms with E-state index in [4.69, 9.17) is 23.6 Å². The highest BCUT2D eigenvalue weighted by Crippen LogP contribution is 2.43. The Kier molecular flexibility index (Phi) is 41.5. The lowest BCUT2D eigenvalue weighted by molar-refractivity contribution is -0.154. The van der Waals surface area contributed by atoms with Gasteiger partial charge in [-0.25, -0.2) is 4.57 Å². The van der Waals surface area contributed by atoms with Gasteiger partial charge in [0.25, 0.3) is 0 Å². The molecule has 330 valence electrons. The molecule has 0 aliphatic rings. The molecule has 0 heterocycles. The summed E-state index contributed by atoms with van der Waals surface area (Å²) in [5.74, 6) is -0.472. The summed E-state index contributed by atoms with van der Waals surface area (Å²) in [6.45, 7) is 3.14. The van der Waals surface area contributed by atoms with Crippen molar-refractivity contribution in [1.82, 2.24) is 0 Å². The first kappa shape index (κ1) is 55.1. The second kappa shape index (κ2) is 43.7. The Morgan fingerprint density at radius 2 is 0.931 bits per heavy atom. The van der Waals surface area contributed by atoms with Crippen molar-refractivity contribution in [2.45, 2.75) is 154 Å². The molecular weight excluding hydrogens is 751 g/mol. The minimum atomic E-state index is -4.55. The quantitative estimate of drug-likeness (QED) is 0.0239. The molecule has 0 rings (SSSR count). The summed E-state index contributed by atoms with van der Waals surface area (Å²) in [6.07, 6.45) is 56.3. The molecule has 3 unspecified atom stereocenters. The van der Waals surface area contributed by atoms with E-state index in [1.54, 1.807) is 0 Å². The normalized spacial score (nSPS) is 15.1. The van der Waals surface area contributed by atoms with E-state index in [0.29, 0.717) is 13.0 Å². The summed E-state index contributed by atoms with van der Waals surface area (Å²) >= 11 is 0. The average molecular weight is 831 g/mol. The number of hydrogen-bond donors (Lipinski definition) is 3. The van der Waals surface area contributed by atoms with Gasteiger partial charge in [0.1, 0.15) is 12.2 Å². The summed E-state index contributed by atoms with van der Waals surface area (Å²) in [4.78, 5) is 22.6. The van der Waals surface area contributed by atoms with Crippen LogP contribution in [0, 0.1) is 0 Å². The highest BCUT2D eigenvalue weighted by atomic mass is 31.2. The van der Waals surface area contributed by atoms with E-state index in [1.807, 2.05) is 12.2 Å². The molecule has 9 nitrogen and oxygen atoms in total. The predicted molar refractivity (Wildman–Crippen MR) is 241 cm³/mol. The number of rotatable bonds is 40. The Balaban J connectivity index is 4.33. The van der Waals surface area contributed by atoms with Crippen molar-refractivity contribution in [2.24, 2.45) is 0 Å². The number of carbonyl (C=O) groups excluding carboxylic acids is 1. The molecule has 3 N–H and O–H groups in total. The van der Waals surface area contributed by atoms with Crippen LogP contribution in [0.15, 0.2) is 109 Å². The molecule has 0 amide bonds. The Morgan fingerprint density at radius 3 is 1.40 bits per heavy atom. The molecule has 0 aliphatic carbocycles. The summed E-state index contributed by atoms with van der Waals surface area (Å²) in [5.41, 5.74) is 0. The van der Waals surface area contributed by atoms with Gasteiger partial charge in [0.05, 0.1) is 26.4 Å². The van der Waals surface area contributed by atoms with Crippen LogP contribution in [0.4, 0.5) is 0 Å². The smallest absolute Gasteiger partial charge is 0.457 e. The molecular formula is C48H79O9P. The fourth-order valence-corrected chi connectivity index (χ4v) is 6.01. The van der Waals surface area contributed by atoms with Gasteiger partial charge in [-0.2, -0.15) is 0 Å². The van der Waals surface area contributed by atoms with Crippen LogP contribution < -0.4 is 0 Å². The number of phosphoric ester groups is 1. The number of carbonyl (C=O) groups is 1. The largest absolute Gasteiger partial charge is 0.472 e. The Morgan fingerprint density at radius 1 is 0.534 bits per heavy atom. The topological polar surface area (TPSA) is 132 Å². The number of allylic oxidation sites excluding steroid dienone is 18. The SMILES string of the molecule is CC/C=C\C/C=C\C/C=C\C/C=C\C/C=C\C/C=C\CCC(=O)OC(COCCCCCCCCCC/C=C\C/C=C\C/C=C\CC)COP(=O)(O)OCC(O)CO. The molecule has 0 saturated carbocycles. The molecule has 3 atom stereocenters. The highest BCUT2D eigenvalue weighted by Gasteiger charge is 2.26. The Hall–Kier alpha value is -2.88. The first-order valence-corrected chi connectivity index (χ1v) is 23.4. The molecule has 0 saturated heterocycles. The summed E-state index contributed by atoms with van der Waals surface area (Å²) < 4.78 is 33.3. The van der Waals surface area contributed by atoms with Crippen molar-refractivity contribution < 1.29 is 43.0 Å². The molecule has 0 bridgehead atoms. The lowest BCUT2D eigenvalue weighted by Crippen LogP contribution is -2.29. The molecule has 0 spiro atoms. The van der Waals surface area contributed by atoms with Gasteiger partial charge in [0.15, 0.2) is 0 Å². The third kappa shape index (κ3) is 42.7. The predicted octanol–water partition coefficient (Wildman–Crippen LogP) is 12.2. The van der Waals surface area contributed by atoms with Crippen LogP contribution in [0.3, 0.4) is 0 Å². The standard InChI is InChI=1S/C48H79O9P/c1-3-5-7-9-11-13-15-17-19-21-23-24-26-28-30-32-34-36-38-40-48(51)57-47(45-56-58(52,53)55-43-46(50)42-49)44-54-41-39-37-35-33-31-29-27-25-22-20-18-16-14-12-10-8-6-4-2/h5-8,11-14,17-20,23-24,28,30,34,36,46-47,49-50H,3-4,9-10,15-16,21-22,25-27,29,31-33,35,37-45H2,1-2H3,(H,52,53)/b7-5-,8-6-,13-11-,14-12-,19-17-,20-18-,24-23-,30-28-,36-34-. The zero-order chi connectivity index (χ0) is 42.5. The van der Waals surface area contributed by atoms with Crippen molar-refractivity contribution in [1.29, 1.82) is 0 Å². The van der Waals surface area contributed by atoms with E-state index in [-0.39, 0.29) is 13.0 Å². The second-order valence-corrected chi connectivity index (χ2v) is 15.4. The van der Waals surface area contributed by atoms with Crippen LogP contribution in [0.1, 0.15) is 142 Å². The van der Waals surface area contributed by atoms with Crippen LogP contribution in [0.2, 0.25) is 0 Å². The zero-order valence-electron chi connectivity index (χ0n) is 36.0. The summed E-state index contributed by atoms with van der Waals surface area (Å²) in [6, 6.07) is 0. The molecule has 0 radical (unpaired) electrons. The van der Waals surface area contributed by atoms with Gasteiger partial charge in [-0.1, -0.05) is 162 Å². The van der Waals surface area contributed by atoms with E-state index in [0.717, 1.165) is 83.5 Å².